The van der Waals surface area contributed by atoms with E-state index in [2.05, 4.69) is 35.3 Å². The number of aromatic nitrogens is 2. The van der Waals surface area contributed by atoms with Crippen molar-refractivity contribution >= 4 is 0 Å². The number of rotatable bonds is 5. The average Bonchev–Trinajstić information content (AvgIpc) is 3.11. The van der Waals surface area contributed by atoms with Crippen LogP contribution in [0.5, 0.6) is 0 Å². The molecule has 118 valence electrons. The van der Waals surface area contributed by atoms with E-state index in [0.29, 0.717) is 0 Å². The third-order valence-corrected chi connectivity index (χ3v) is 5.92. The Labute approximate surface area is 129 Å². The number of aromatic amines is 1. The Hall–Kier alpha value is -0.830. The molecule has 0 saturated heterocycles. The first-order valence-electron chi connectivity index (χ1n) is 8.93. The van der Waals surface area contributed by atoms with Crippen molar-refractivity contribution < 1.29 is 0 Å². The van der Waals surface area contributed by atoms with Gasteiger partial charge in [0.25, 0.3) is 0 Å². The molecular weight excluding hydrogens is 258 g/mol. The van der Waals surface area contributed by atoms with E-state index in [-0.39, 0.29) is 0 Å². The van der Waals surface area contributed by atoms with Gasteiger partial charge >= 0.3 is 0 Å². The van der Waals surface area contributed by atoms with Crippen LogP contribution < -0.4 is 0 Å². The number of hydrogen-bond donors (Lipinski definition) is 1. The van der Waals surface area contributed by atoms with E-state index in [1.54, 1.807) is 0 Å². The summed E-state index contributed by atoms with van der Waals surface area (Å²) in [7, 11) is 2.22. The van der Waals surface area contributed by atoms with Gasteiger partial charge in [0, 0.05) is 23.7 Å². The van der Waals surface area contributed by atoms with E-state index in [1.807, 2.05) is 0 Å². The van der Waals surface area contributed by atoms with Gasteiger partial charge in [0.05, 0.1) is 6.20 Å². The molecule has 0 unspecified atom stereocenters. The summed E-state index contributed by atoms with van der Waals surface area (Å²) in [4.78, 5) is 2.41. The van der Waals surface area contributed by atoms with Gasteiger partial charge in [-0.2, -0.15) is 5.10 Å². The second kappa shape index (κ2) is 6.51. The van der Waals surface area contributed by atoms with Gasteiger partial charge in [-0.05, 0) is 64.0 Å². The van der Waals surface area contributed by atoms with Gasteiger partial charge in [-0.1, -0.05) is 19.8 Å². The van der Waals surface area contributed by atoms with Crippen LogP contribution in [0.3, 0.4) is 0 Å². The van der Waals surface area contributed by atoms with Gasteiger partial charge in [-0.15, -0.1) is 0 Å². The van der Waals surface area contributed by atoms with Crippen LogP contribution in [0.1, 0.15) is 81.9 Å². The summed E-state index contributed by atoms with van der Waals surface area (Å²) in [6.45, 7) is 4.45. The summed E-state index contributed by atoms with van der Waals surface area (Å²) >= 11 is 0. The molecule has 3 rings (SSSR count). The van der Waals surface area contributed by atoms with Crippen LogP contribution in [0.25, 0.3) is 0 Å². The minimum absolute atomic E-state index is 0.726. The zero-order valence-corrected chi connectivity index (χ0v) is 13.8. The van der Waals surface area contributed by atoms with Gasteiger partial charge < -0.3 is 4.90 Å². The Morgan fingerprint density at radius 3 is 2.62 bits per heavy atom. The van der Waals surface area contributed by atoms with Crippen molar-refractivity contribution in [2.45, 2.75) is 77.2 Å². The monoisotopic (exact) mass is 289 g/mol. The Bertz CT molecular complexity index is 435. The first-order valence-corrected chi connectivity index (χ1v) is 8.93. The van der Waals surface area contributed by atoms with Crippen LogP contribution in [0, 0.1) is 5.41 Å². The summed E-state index contributed by atoms with van der Waals surface area (Å²) in [5.41, 5.74) is 3.60. The first kappa shape index (κ1) is 15.1. The fraction of sp³-hybridized carbons (Fsp3) is 0.833. The maximum Gasteiger partial charge on any atom is 0.0535 e. The highest BCUT2D eigenvalue weighted by Gasteiger charge is 2.38. The lowest BCUT2D eigenvalue weighted by atomic mass is 9.68. The Morgan fingerprint density at radius 1 is 1.24 bits per heavy atom. The van der Waals surface area contributed by atoms with E-state index < -0.39 is 0 Å². The fourth-order valence-corrected chi connectivity index (χ4v) is 4.70. The lowest BCUT2D eigenvalue weighted by Gasteiger charge is -2.37. The highest BCUT2D eigenvalue weighted by molar-refractivity contribution is 5.21. The molecule has 3 nitrogen and oxygen atoms in total. The molecule has 2 fully saturated rings. The van der Waals surface area contributed by atoms with Gasteiger partial charge in [-0.3, -0.25) is 5.10 Å². The normalized spacial score (nSPS) is 22.4. The molecule has 2 saturated carbocycles. The first-order chi connectivity index (χ1) is 10.2. The van der Waals surface area contributed by atoms with Crippen LogP contribution in [0.2, 0.25) is 0 Å². The third kappa shape index (κ3) is 3.33. The fourth-order valence-electron chi connectivity index (χ4n) is 4.70. The summed E-state index contributed by atoms with van der Waals surface area (Å²) < 4.78 is 0. The quantitative estimate of drug-likeness (QED) is 0.867. The van der Waals surface area contributed by atoms with Crippen LogP contribution in [-0.2, 0) is 6.54 Å². The summed E-state index contributed by atoms with van der Waals surface area (Å²) in [5, 5.41) is 7.67. The minimum atomic E-state index is 0.726. The standard InChI is InChI=1S/C18H31N3/c1-3-12-21(2)14-16-13-19-20-17(16)15-6-10-18(11-7-15)8-4-5-9-18/h13,15H,3-12,14H2,1-2H3,(H,19,20). The van der Waals surface area contributed by atoms with Gasteiger partial charge in [0.15, 0.2) is 0 Å². The van der Waals surface area contributed by atoms with Crippen LogP contribution in [-0.4, -0.2) is 28.7 Å². The molecule has 0 amide bonds. The molecule has 21 heavy (non-hydrogen) atoms. The highest BCUT2D eigenvalue weighted by Crippen LogP contribution is 2.52. The summed E-state index contributed by atoms with van der Waals surface area (Å²) in [5.74, 6) is 0.726. The van der Waals surface area contributed by atoms with E-state index >= 15 is 0 Å². The van der Waals surface area contributed by atoms with Gasteiger partial charge in [-0.25, -0.2) is 0 Å². The molecule has 1 heterocycles. The SMILES string of the molecule is CCCN(C)Cc1cn[nH]c1C1CCC2(CCCC2)CC1. The lowest BCUT2D eigenvalue weighted by molar-refractivity contribution is 0.179. The zero-order chi connectivity index (χ0) is 14.7. The molecule has 0 aromatic carbocycles. The third-order valence-electron chi connectivity index (χ3n) is 5.92. The van der Waals surface area contributed by atoms with E-state index in [0.717, 1.165) is 17.9 Å². The van der Waals surface area contributed by atoms with Crippen molar-refractivity contribution in [3.63, 3.8) is 0 Å². The molecule has 1 aromatic rings. The number of nitrogens with zero attached hydrogens (tertiary/aromatic N) is 2. The zero-order valence-electron chi connectivity index (χ0n) is 13.8. The topological polar surface area (TPSA) is 31.9 Å². The summed E-state index contributed by atoms with van der Waals surface area (Å²) in [6, 6.07) is 0. The molecule has 0 radical (unpaired) electrons. The molecule has 0 aliphatic heterocycles. The molecule has 0 atom stereocenters. The van der Waals surface area contributed by atoms with Crippen molar-refractivity contribution in [3.05, 3.63) is 17.5 Å². The Kier molecular flexibility index (Phi) is 4.68. The van der Waals surface area contributed by atoms with Crippen molar-refractivity contribution in [3.8, 4) is 0 Å². The van der Waals surface area contributed by atoms with Gasteiger partial charge in [0.1, 0.15) is 0 Å². The van der Waals surface area contributed by atoms with Crippen molar-refractivity contribution in [1.29, 1.82) is 0 Å². The second-order valence-corrected chi connectivity index (χ2v) is 7.53. The van der Waals surface area contributed by atoms with Gasteiger partial charge in [0.2, 0.25) is 0 Å². The van der Waals surface area contributed by atoms with Crippen LogP contribution in [0.15, 0.2) is 6.20 Å². The molecular formula is C18H31N3. The summed E-state index contributed by atoms with van der Waals surface area (Å²) in [6.07, 6.45) is 14.8. The van der Waals surface area contributed by atoms with E-state index in [9.17, 15) is 0 Å². The lowest BCUT2D eigenvalue weighted by Crippen LogP contribution is -2.25. The van der Waals surface area contributed by atoms with E-state index in [1.165, 1.54) is 75.6 Å². The number of H-pyrrole nitrogens is 1. The molecule has 1 spiro atoms. The molecule has 2 aliphatic rings. The second-order valence-electron chi connectivity index (χ2n) is 7.53. The smallest absolute Gasteiger partial charge is 0.0535 e. The minimum Gasteiger partial charge on any atom is -0.302 e. The predicted octanol–water partition coefficient (Wildman–Crippen LogP) is 4.47. The predicted molar refractivity (Wildman–Crippen MR) is 87.3 cm³/mol. The van der Waals surface area contributed by atoms with Crippen LogP contribution >= 0.6 is 0 Å². The Morgan fingerprint density at radius 2 is 1.95 bits per heavy atom. The highest BCUT2D eigenvalue weighted by atomic mass is 15.1. The van der Waals surface area contributed by atoms with Crippen LogP contribution in [0.4, 0.5) is 0 Å². The molecule has 1 aromatic heterocycles. The Balaban J connectivity index is 1.61. The van der Waals surface area contributed by atoms with Crippen molar-refractivity contribution in [2.75, 3.05) is 13.6 Å². The molecule has 3 heteroatoms. The number of hydrogen-bond acceptors (Lipinski definition) is 2. The maximum atomic E-state index is 4.35. The van der Waals surface area contributed by atoms with Crippen molar-refractivity contribution in [1.82, 2.24) is 15.1 Å². The van der Waals surface area contributed by atoms with E-state index in [4.69, 9.17) is 0 Å². The molecule has 2 aliphatic carbocycles. The average molecular weight is 289 g/mol. The maximum absolute atomic E-state index is 4.35. The largest absolute Gasteiger partial charge is 0.302 e. The number of nitrogens with one attached hydrogen (secondary N) is 1. The van der Waals surface area contributed by atoms with Crippen molar-refractivity contribution in [2.24, 2.45) is 5.41 Å². The molecule has 1 N–H and O–H groups in total. The molecule has 0 bridgehead atoms.